The first-order valence-corrected chi connectivity index (χ1v) is 6.64. The molecule has 0 bridgehead atoms. The SMILES string of the molecule is CC(=O)Nc1ccc(Sc2cc(C)c(N)cn2)cc1. The van der Waals surface area contributed by atoms with Gasteiger partial charge in [0.15, 0.2) is 0 Å². The van der Waals surface area contributed by atoms with E-state index in [0.717, 1.165) is 21.2 Å². The molecular weight excluding hydrogens is 258 g/mol. The topological polar surface area (TPSA) is 68.0 Å². The van der Waals surface area contributed by atoms with Crippen LogP contribution in [-0.2, 0) is 4.79 Å². The van der Waals surface area contributed by atoms with Crippen LogP contribution in [0, 0.1) is 6.92 Å². The predicted molar refractivity (Wildman–Crippen MR) is 78.3 cm³/mol. The van der Waals surface area contributed by atoms with Gasteiger partial charge in [0.1, 0.15) is 5.03 Å². The number of nitrogens with one attached hydrogen (secondary N) is 1. The molecule has 0 saturated heterocycles. The molecule has 0 aliphatic heterocycles. The summed E-state index contributed by atoms with van der Waals surface area (Å²) in [6, 6.07) is 9.59. The van der Waals surface area contributed by atoms with E-state index in [1.807, 2.05) is 37.3 Å². The van der Waals surface area contributed by atoms with Crippen LogP contribution >= 0.6 is 11.8 Å². The molecule has 2 rings (SSSR count). The van der Waals surface area contributed by atoms with Crippen LogP contribution in [0.15, 0.2) is 46.5 Å². The van der Waals surface area contributed by atoms with Gasteiger partial charge in [0, 0.05) is 17.5 Å². The standard InChI is InChI=1S/C14H15N3OS/c1-9-7-14(16-8-13(9)15)19-12-5-3-11(4-6-12)17-10(2)18/h3-8H,15H2,1-2H3,(H,17,18). The summed E-state index contributed by atoms with van der Waals surface area (Å²) in [6.07, 6.45) is 1.67. The summed E-state index contributed by atoms with van der Waals surface area (Å²) < 4.78 is 0. The van der Waals surface area contributed by atoms with Gasteiger partial charge in [-0.3, -0.25) is 4.79 Å². The summed E-state index contributed by atoms with van der Waals surface area (Å²) in [5.41, 5.74) is 8.25. The molecule has 1 aromatic heterocycles. The number of hydrogen-bond donors (Lipinski definition) is 2. The zero-order valence-electron chi connectivity index (χ0n) is 10.8. The van der Waals surface area contributed by atoms with Crippen molar-refractivity contribution in [2.24, 2.45) is 0 Å². The second kappa shape index (κ2) is 5.75. The van der Waals surface area contributed by atoms with Crippen molar-refractivity contribution in [2.45, 2.75) is 23.8 Å². The summed E-state index contributed by atoms with van der Waals surface area (Å²) in [5.74, 6) is -0.0729. The van der Waals surface area contributed by atoms with Gasteiger partial charge in [0.05, 0.1) is 11.9 Å². The van der Waals surface area contributed by atoms with E-state index in [1.54, 1.807) is 18.0 Å². The fourth-order valence-electron chi connectivity index (χ4n) is 1.53. The number of aryl methyl sites for hydroxylation is 1. The number of nitrogens with zero attached hydrogens (tertiary/aromatic N) is 1. The average Bonchev–Trinajstić information content (AvgIpc) is 2.36. The Morgan fingerprint density at radius 3 is 2.58 bits per heavy atom. The zero-order valence-corrected chi connectivity index (χ0v) is 11.6. The van der Waals surface area contributed by atoms with Gasteiger partial charge in [-0.05, 0) is 42.8 Å². The molecule has 0 radical (unpaired) electrons. The highest BCUT2D eigenvalue weighted by Gasteiger charge is 2.02. The molecule has 0 unspecified atom stereocenters. The Labute approximate surface area is 116 Å². The molecule has 2 aromatic rings. The van der Waals surface area contributed by atoms with E-state index < -0.39 is 0 Å². The monoisotopic (exact) mass is 273 g/mol. The van der Waals surface area contributed by atoms with Crippen LogP contribution in [0.2, 0.25) is 0 Å². The van der Waals surface area contributed by atoms with Crippen molar-refractivity contribution in [1.29, 1.82) is 0 Å². The van der Waals surface area contributed by atoms with Crippen molar-refractivity contribution >= 4 is 29.0 Å². The Kier molecular flexibility index (Phi) is 4.06. The van der Waals surface area contributed by atoms with Crippen LogP contribution in [0.3, 0.4) is 0 Å². The van der Waals surface area contributed by atoms with Crippen LogP contribution in [0.25, 0.3) is 0 Å². The summed E-state index contributed by atoms with van der Waals surface area (Å²) >= 11 is 1.56. The number of nitrogen functional groups attached to an aromatic ring is 1. The van der Waals surface area contributed by atoms with Crippen molar-refractivity contribution in [3.63, 3.8) is 0 Å². The number of amides is 1. The lowest BCUT2D eigenvalue weighted by Crippen LogP contribution is -2.05. The Balaban J connectivity index is 2.10. The van der Waals surface area contributed by atoms with Crippen molar-refractivity contribution in [1.82, 2.24) is 4.98 Å². The van der Waals surface area contributed by atoms with E-state index in [9.17, 15) is 4.79 Å². The highest BCUT2D eigenvalue weighted by molar-refractivity contribution is 7.99. The first kappa shape index (κ1) is 13.4. The van der Waals surface area contributed by atoms with E-state index in [1.165, 1.54) is 6.92 Å². The molecule has 98 valence electrons. The largest absolute Gasteiger partial charge is 0.397 e. The third kappa shape index (κ3) is 3.72. The lowest BCUT2D eigenvalue weighted by molar-refractivity contribution is -0.114. The number of anilines is 2. The highest BCUT2D eigenvalue weighted by atomic mass is 32.2. The minimum atomic E-state index is -0.0729. The Morgan fingerprint density at radius 2 is 2.00 bits per heavy atom. The van der Waals surface area contributed by atoms with Crippen molar-refractivity contribution in [3.8, 4) is 0 Å². The van der Waals surface area contributed by atoms with Crippen LogP contribution in [-0.4, -0.2) is 10.9 Å². The van der Waals surface area contributed by atoms with Crippen molar-refractivity contribution in [3.05, 3.63) is 42.1 Å². The maximum absolute atomic E-state index is 10.9. The molecule has 19 heavy (non-hydrogen) atoms. The Morgan fingerprint density at radius 1 is 1.32 bits per heavy atom. The van der Waals surface area contributed by atoms with Crippen molar-refractivity contribution < 1.29 is 4.79 Å². The maximum atomic E-state index is 10.9. The third-order valence-electron chi connectivity index (χ3n) is 2.52. The lowest BCUT2D eigenvalue weighted by Gasteiger charge is -2.05. The molecule has 3 N–H and O–H groups in total. The normalized spacial score (nSPS) is 10.2. The summed E-state index contributed by atoms with van der Waals surface area (Å²) in [7, 11) is 0. The fraction of sp³-hybridized carbons (Fsp3) is 0.143. The van der Waals surface area contributed by atoms with E-state index in [-0.39, 0.29) is 5.91 Å². The average molecular weight is 273 g/mol. The van der Waals surface area contributed by atoms with Gasteiger partial charge in [-0.15, -0.1) is 0 Å². The second-order valence-corrected chi connectivity index (χ2v) is 5.28. The summed E-state index contributed by atoms with van der Waals surface area (Å²) in [6.45, 7) is 3.45. The minimum absolute atomic E-state index is 0.0729. The number of carbonyl (C=O) groups is 1. The number of rotatable bonds is 3. The van der Waals surface area contributed by atoms with Crippen molar-refractivity contribution in [2.75, 3.05) is 11.1 Å². The molecular formula is C14H15N3OS. The molecule has 0 spiro atoms. The van der Waals surface area contributed by atoms with E-state index in [0.29, 0.717) is 5.69 Å². The van der Waals surface area contributed by atoms with Crippen LogP contribution in [0.1, 0.15) is 12.5 Å². The number of hydrogen-bond acceptors (Lipinski definition) is 4. The smallest absolute Gasteiger partial charge is 0.221 e. The van der Waals surface area contributed by atoms with Gasteiger partial charge < -0.3 is 11.1 Å². The first-order valence-electron chi connectivity index (χ1n) is 5.82. The van der Waals surface area contributed by atoms with Crippen LogP contribution in [0.5, 0.6) is 0 Å². The Bertz CT molecular complexity index is 596. The lowest BCUT2D eigenvalue weighted by atomic mass is 10.3. The molecule has 4 nitrogen and oxygen atoms in total. The third-order valence-corrected chi connectivity index (χ3v) is 3.46. The molecule has 0 aliphatic carbocycles. The van der Waals surface area contributed by atoms with Gasteiger partial charge in [-0.25, -0.2) is 4.98 Å². The molecule has 0 fully saturated rings. The molecule has 1 amide bonds. The molecule has 0 saturated carbocycles. The predicted octanol–water partition coefficient (Wildman–Crippen LogP) is 3.08. The van der Waals surface area contributed by atoms with E-state index >= 15 is 0 Å². The van der Waals surface area contributed by atoms with Crippen LogP contribution in [0.4, 0.5) is 11.4 Å². The van der Waals surface area contributed by atoms with Gasteiger partial charge in [-0.1, -0.05) is 11.8 Å². The first-order chi connectivity index (χ1) is 9.04. The number of pyridine rings is 1. The van der Waals surface area contributed by atoms with E-state index in [2.05, 4.69) is 10.3 Å². The van der Waals surface area contributed by atoms with Gasteiger partial charge in [0.2, 0.25) is 5.91 Å². The maximum Gasteiger partial charge on any atom is 0.221 e. The minimum Gasteiger partial charge on any atom is -0.397 e. The van der Waals surface area contributed by atoms with E-state index in [4.69, 9.17) is 5.73 Å². The molecule has 1 aromatic carbocycles. The quantitative estimate of drug-likeness (QED) is 0.901. The molecule has 0 atom stereocenters. The number of carbonyl (C=O) groups excluding carboxylic acids is 1. The second-order valence-electron chi connectivity index (χ2n) is 4.19. The fourth-order valence-corrected chi connectivity index (χ4v) is 2.38. The molecule has 5 heteroatoms. The number of aromatic nitrogens is 1. The van der Waals surface area contributed by atoms with Gasteiger partial charge >= 0.3 is 0 Å². The van der Waals surface area contributed by atoms with Crippen LogP contribution < -0.4 is 11.1 Å². The van der Waals surface area contributed by atoms with Gasteiger partial charge in [-0.2, -0.15) is 0 Å². The summed E-state index contributed by atoms with van der Waals surface area (Å²) in [4.78, 5) is 16.3. The summed E-state index contributed by atoms with van der Waals surface area (Å²) in [5, 5.41) is 3.63. The number of benzene rings is 1. The number of nitrogens with two attached hydrogens (primary N) is 1. The Hall–Kier alpha value is -2.01. The molecule has 1 heterocycles. The zero-order chi connectivity index (χ0) is 13.8. The molecule has 0 aliphatic rings. The highest BCUT2D eigenvalue weighted by Crippen LogP contribution is 2.28. The van der Waals surface area contributed by atoms with Gasteiger partial charge in [0.25, 0.3) is 0 Å².